The van der Waals surface area contributed by atoms with E-state index in [9.17, 15) is 5.11 Å². The monoisotopic (exact) mass is 181 g/mol. The smallest absolute Gasteiger partial charge is 0.0832 e. The second kappa shape index (κ2) is 4.11. The van der Waals surface area contributed by atoms with Gasteiger partial charge in [0.15, 0.2) is 0 Å². The lowest BCUT2D eigenvalue weighted by molar-refractivity contribution is 0.0329. The molecule has 2 heteroatoms. The quantitative estimate of drug-likeness (QED) is 0.711. The Morgan fingerprint density at radius 2 is 2.38 bits per heavy atom. The largest absolute Gasteiger partial charge is 0.392 e. The van der Waals surface area contributed by atoms with Crippen LogP contribution in [-0.4, -0.2) is 11.2 Å². The van der Waals surface area contributed by atoms with Crippen molar-refractivity contribution in [2.45, 2.75) is 52.1 Å². The van der Waals surface area contributed by atoms with Gasteiger partial charge in [-0.3, -0.25) is 0 Å². The van der Waals surface area contributed by atoms with Gasteiger partial charge in [-0.2, -0.15) is 5.26 Å². The summed E-state index contributed by atoms with van der Waals surface area (Å²) in [5, 5.41) is 18.7. The van der Waals surface area contributed by atoms with E-state index in [1.54, 1.807) is 6.92 Å². The highest BCUT2D eigenvalue weighted by molar-refractivity contribution is 5.05. The zero-order valence-corrected chi connectivity index (χ0v) is 8.58. The van der Waals surface area contributed by atoms with Gasteiger partial charge in [-0.05, 0) is 25.7 Å². The van der Waals surface area contributed by atoms with Crippen LogP contribution in [0.25, 0.3) is 0 Å². The Bertz CT molecular complexity index is 207. The minimum absolute atomic E-state index is 0.446. The summed E-state index contributed by atoms with van der Waals surface area (Å²) in [5.74, 6) is 0.642. The van der Waals surface area contributed by atoms with Crippen LogP contribution in [0, 0.1) is 22.7 Å². The topological polar surface area (TPSA) is 44.0 Å². The summed E-state index contributed by atoms with van der Waals surface area (Å²) in [4.78, 5) is 0. The normalized spacial score (nSPS) is 36.6. The van der Waals surface area contributed by atoms with Gasteiger partial charge in [-0.1, -0.05) is 26.2 Å². The second-order valence-electron chi connectivity index (χ2n) is 4.31. The number of hydrogen-bond acceptors (Lipinski definition) is 2. The van der Waals surface area contributed by atoms with E-state index in [4.69, 9.17) is 5.26 Å². The van der Waals surface area contributed by atoms with Crippen molar-refractivity contribution < 1.29 is 5.11 Å². The Balaban J connectivity index is 2.71. The average Bonchev–Trinajstić information content (AvgIpc) is 2.17. The van der Waals surface area contributed by atoms with E-state index in [-0.39, 0.29) is 0 Å². The van der Waals surface area contributed by atoms with Crippen molar-refractivity contribution >= 4 is 0 Å². The second-order valence-corrected chi connectivity index (χ2v) is 4.31. The molecule has 1 saturated carbocycles. The molecular formula is C11H19NO. The van der Waals surface area contributed by atoms with Gasteiger partial charge >= 0.3 is 0 Å². The third kappa shape index (κ3) is 2.03. The fraction of sp³-hybridized carbons (Fsp3) is 0.909. The first-order valence-corrected chi connectivity index (χ1v) is 5.24. The average molecular weight is 181 g/mol. The molecule has 0 aromatic heterocycles. The van der Waals surface area contributed by atoms with Gasteiger partial charge in [0.2, 0.25) is 0 Å². The summed E-state index contributed by atoms with van der Waals surface area (Å²) in [6.45, 7) is 3.92. The molecule has 1 rings (SSSR count). The third-order valence-electron chi connectivity index (χ3n) is 3.49. The lowest BCUT2D eigenvalue weighted by Crippen LogP contribution is -2.36. The number of hydrogen-bond donors (Lipinski definition) is 1. The zero-order chi connectivity index (χ0) is 9.90. The van der Waals surface area contributed by atoms with E-state index in [0.717, 1.165) is 25.7 Å². The molecule has 0 saturated heterocycles. The maximum atomic E-state index is 9.62. The first-order valence-electron chi connectivity index (χ1n) is 5.24. The van der Waals surface area contributed by atoms with E-state index in [2.05, 4.69) is 13.0 Å². The van der Waals surface area contributed by atoms with Gasteiger partial charge in [0, 0.05) is 0 Å². The highest BCUT2D eigenvalue weighted by atomic mass is 16.3. The molecule has 0 amide bonds. The maximum absolute atomic E-state index is 9.62. The molecule has 3 unspecified atom stereocenters. The van der Waals surface area contributed by atoms with Gasteiger partial charge in [-0.15, -0.1) is 0 Å². The molecule has 74 valence electrons. The molecular weight excluding hydrogens is 162 g/mol. The van der Waals surface area contributed by atoms with Crippen molar-refractivity contribution in [3.63, 3.8) is 0 Å². The number of aliphatic hydroxyl groups excluding tert-OH is 1. The van der Waals surface area contributed by atoms with Gasteiger partial charge in [-0.25, -0.2) is 0 Å². The van der Waals surface area contributed by atoms with Crippen LogP contribution in [-0.2, 0) is 0 Å². The molecule has 13 heavy (non-hydrogen) atoms. The van der Waals surface area contributed by atoms with Crippen LogP contribution in [0.1, 0.15) is 46.0 Å². The van der Waals surface area contributed by atoms with Crippen molar-refractivity contribution in [3.05, 3.63) is 0 Å². The van der Waals surface area contributed by atoms with Crippen LogP contribution in [0.4, 0.5) is 0 Å². The number of aliphatic hydroxyl groups is 1. The van der Waals surface area contributed by atoms with E-state index >= 15 is 0 Å². The van der Waals surface area contributed by atoms with E-state index in [0.29, 0.717) is 5.92 Å². The van der Waals surface area contributed by atoms with Crippen molar-refractivity contribution in [1.82, 2.24) is 0 Å². The molecule has 3 atom stereocenters. The molecule has 0 aliphatic heterocycles. The van der Waals surface area contributed by atoms with Crippen molar-refractivity contribution in [2.75, 3.05) is 0 Å². The standard InChI is InChI=1S/C11H19NO/c1-3-10-5-4-6-11(7-10,8-12)9(2)13/h9-10,13H,3-7H2,1-2H3. The van der Waals surface area contributed by atoms with Crippen LogP contribution < -0.4 is 0 Å². The highest BCUT2D eigenvalue weighted by Crippen LogP contribution is 2.42. The predicted molar refractivity (Wildman–Crippen MR) is 52.0 cm³/mol. The lowest BCUT2D eigenvalue weighted by atomic mass is 9.67. The predicted octanol–water partition coefficient (Wildman–Crippen LogP) is 2.48. The first-order chi connectivity index (χ1) is 6.14. The van der Waals surface area contributed by atoms with E-state index < -0.39 is 11.5 Å². The lowest BCUT2D eigenvalue weighted by Gasteiger charge is -2.37. The van der Waals surface area contributed by atoms with Crippen molar-refractivity contribution in [1.29, 1.82) is 5.26 Å². The first kappa shape index (κ1) is 10.5. The van der Waals surface area contributed by atoms with Crippen LogP contribution >= 0.6 is 0 Å². The Labute approximate surface area is 80.6 Å². The summed E-state index contributed by atoms with van der Waals surface area (Å²) < 4.78 is 0. The molecule has 0 radical (unpaired) electrons. The van der Waals surface area contributed by atoms with Gasteiger partial charge in [0.25, 0.3) is 0 Å². The van der Waals surface area contributed by atoms with Gasteiger partial charge < -0.3 is 5.11 Å². The SMILES string of the molecule is CCC1CCCC(C#N)(C(C)O)C1. The summed E-state index contributed by atoms with van der Waals surface area (Å²) in [6.07, 6.45) is 4.74. The fourth-order valence-electron chi connectivity index (χ4n) is 2.35. The number of nitriles is 1. The minimum atomic E-state index is -0.480. The summed E-state index contributed by atoms with van der Waals surface area (Å²) >= 11 is 0. The molecule has 0 spiro atoms. The minimum Gasteiger partial charge on any atom is -0.392 e. The van der Waals surface area contributed by atoms with E-state index in [1.807, 2.05) is 0 Å². The number of rotatable bonds is 2. The molecule has 0 aromatic carbocycles. The van der Waals surface area contributed by atoms with Crippen LogP contribution in [0.3, 0.4) is 0 Å². The molecule has 1 aliphatic rings. The molecule has 1 N–H and O–H groups in total. The fourth-order valence-corrected chi connectivity index (χ4v) is 2.35. The maximum Gasteiger partial charge on any atom is 0.0832 e. The molecule has 0 bridgehead atoms. The van der Waals surface area contributed by atoms with Crippen molar-refractivity contribution in [2.24, 2.45) is 11.3 Å². The Hall–Kier alpha value is -0.550. The molecule has 1 fully saturated rings. The Morgan fingerprint density at radius 1 is 1.69 bits per heavy atom. The Kier molecular flexibility index (Phi) is 3.33. The molecule has 2 nitrogen and oxygen atoms in total. The van der Waals surface area contributed by atoms with Crippen LogP contribution in [0.15, 0.2) is 0 Å². The highest BCUT2D eigenvalue weighted by Gasteiger charge is 2.39. The molecule has 1 aliphatic carbocycles. The summed E-state index contributed by atoms with van der Waals surface area (Å²) in [5.41, 5.74) is -0.446. The third-order valence-corrected chi connectivity index (χ3v) is 3.49. The Morgan fingerprint density at radius 3 is 2.85 bits per heavy atom. The van der Waals surface area contributed by atoms with Gasteiger partial charge in [0.05, 0.1) is 17.6 Å². The molecule has 0 aromatic rings. The summed E-state index contributed by atoms with van der Waals surface area (Å²) in [6, 6.07) is 2.33. The zero-order valence-electron chi connectivity index (χ0n) is 8.58. The number of nitrogens with zero attached hydrogens (tertiary/aromatic N) is 1. The summed E-state index contributed by atoms with van der Waals surface area (Å²) in [7, 11) is 0. The molecule has 0 heterocycles. The van der Waals surface area contributed by atoms with Crippen molar-refractivity contribution in [3.8, 4) is 6.07 Å². The van der Waals surface area contributed by atoms with Crippen LogP contribution in [0.5, 0.6) is 0 Å². The van der Waals surface area contributed by atoms with E-state index in [1.165, 1.54) is 6.42 Å². The van der Waals surface area contributed by atoms with Crippen LogP contribution in [0.2, 0.25) is 0 Å². The van der Waals surface area contributed by atoms with Gasteiger partial charge in [0.1, 0.15) is 0 Å².